The number of hydrogen-bond donors (Lipinski definition) is 2. The molecule has 4 saturated carbocycles. The summed E-state index contributed by atoms with van der Waals surface area (Å²) in [4.78, 5) is 12.9. The predicted octanol–water partition coefficient (Wildman–Crippen LogP) is 3.60. The van der Waals surface area contributed by atoms with E-state index in [1.807, 2.05) is 25.1 Å². The topological polar surface area (TPSA) is 67.8 Å². The van der Waals surface area contributed by atoms with E-state index >= 15 is 0 Å². The number of ether oxygens (including phenoxy) is 2. The van der Waals surface area contributed by atoms with Crippen LogP contribution in [-0.2, 0) is 4.79 Å². The van der Waals surface area contributed by atoms with E-state index in [0.29, 0.717) is 18.3 Å². The Hall–Kier alpha value is -1.75. The van der Waals surface area contributed by atoms with Gasteiger partial charge in [0.25, 0.3) is 0 Å². The first-order valence-corrected chi connectivity index (χ1v) is 10.1. The Balaban J connectivity index is 1.46. The molecule has 27 heavy (non-hydrogen) atoms. The highest BCUT2D eigenvalue weighted by Gasteiger charge is 2.57. The van der Waals surface area contributed by atoms with Crippen molar-refractivity contribution >= 4 is 5.91 Å². The molecular weight excluding hydrogens is 342 g/mol. The zero-order valence-electron chi connectivity index (χ0n) is 16.6. The van der Waals surface area contributed by atoms with Crippen molar-refractivity contribution in [1.29, 1.82) is 0 Å². The van der Waals surface area contributed by atoms with Crippen LogP contribution in [0.25, 0.3) is 0 Å². The number of carbonyl (C=O) groups is 1. The second kappa shape index (κ2) is 6.69. The van der Waals surface area contributed by atoms with Gasteiger partial charge >= 0.3 is 0 Å². The molecule has 5 nitrogen and oxygen atoms in total. The third-order valence-corrected chi connectivity index (χ3v) is 6.97. The Morgan fingerprint density at radius 3 is 2.52 bits per heavy atom. The monoisotopic (exact) mass is 373 g/mol. The van der Waals surface area contributed by atoms with Gasteiger partial charge in [0.2, 0.25) is 5.91 Å². The molecule has 4 aliphatic carbocycles. The molecule has 0 spiro atoms. The number of nitrogens with one attached hydrogen (secondary N) is 1. The summed E-state index contributed by atoms with van der Waals surface area (Å²) in [5.41, 5.74) is 0.377. The summed E-state index contributed by atoms with van der Waals surface area (Å²) in [5, 5.41) is 14.1. The third kappa shape index (κ3) is 3.54. The van der Waals surface area contributed by atoms with Gasteiger partial charge in [-0.1, -0.05) is 0 Å². The number of hydrogen-bond acceptors (Lipinski definition) is 4. The Morgan fingerprint density at radius 2 is 1.93 bits per heavy atom. The van der Waals surface area contributed by atoms with E-state index in [4.69, 9.17) is 9.47 Å². The van der Waals surface area contributed by atoms with Crippen molar-refractivity contribution in [1.82, 2.24) is 5.32 Å². The van der Waals surface area contributed by atoms with Crippen LogP contribution >= 0.6 is 0 Å². The van der Waals surface area contributed by atoms with Crippen molar-refractivity contribution < 1.29 is 19.4 Å². The molecule has 0 aromatic heterocycles. The molecule has 4 aliphatic rings. The van der Waals surface area contributed by atoms with Gasteiger partial charge in [0.15, 0.2) is 0 Å². The van der Waals surface area contributed by atoms with Gasteiger partial charge in [-0.05, 0) is 80.9 Å². The van der Waals surface area contributed by atoms with Gasteiger partial charge < -0.3 is 19.9 Å². The highest BCUT2D eigenvalue weighted by molar-refractivity contribution is 5.77. The van der Waals surface area contributed by atoms with E-state index in [1.165, 1.54) is 6.42 Å². The van der Waals surface area contributed by atoms with Gasteiger partial charge in [-0.25, -0.2) is 0 Å². The molecule has 1 aromatic rings. The summed E-state index contributed by atoms with van der Waals surface area (Å²) in [6.07, 6.45) is 6.60. The van der Waals surface area contributed by atoms with Crippen LogP contribution in [-0.4, -0.2) is 30.8 Å². The van der Waals surface area contributed by atoms with Crippen LogP contribution in [0.2, 0.25) is 0 Å². The number of aliphatic hydroxyl groups is 1. The van der Waals surface area contributed by atoms with Crippen molar-refractivity contribution in [2.24, 2.45) is 17.3 Å². The fourth-order valence-electron chi connectivity index (χ4n) is 6.50. The summed E-state index contributed by atoms with van der Waals surface area (Å²) in [5.74, 6) is 2.75. The lowest BCUT2D eigenvalue weighted by molar-refractivity contribution is -0.169. The zero-order valence-corrected chi connectivity index (χ0v) is 16.6. The Morgan fingerprint density at radius 1 is 1.22 bits per heavy atom. The average molecular weight is 373 g/mol. The summed E-state index contributed by atoms with van der Waals surface area (Å²) in [6, 6.07) is 5.47. The van der Waals surface area contributed by atoms with Gasteiger partial charge in [-0.3, -0.25) is 4.79 Å². The molecule has 0 radical (unpaired) electrons. The highest BCUT2D eigenvalue weighted by Crippen LogP contribution is 2.62. The van der Waals surface area contributed by atoms with Crippen molar-refractivity contribution in [2.75, 3.05) is 14.2 Å². The van der Waals surface area contributed by atoms with E-state index in [2.05, 4.69) is 5.32 Å². The average Bonchev–Trinajstić information content (AvgIpc) is 2.58. The molecule has 5 heteroatoms. The largest absolute Gasteiger partial charge is 0.497 e. The van der Waals surface area contributed by atoms with Crippen LogP contribution in [0.5, 0.6) is 11.5 Å². The summed E-state index contributed by atoms with van der Waals surface area (Å²) >= 11 is 0. The van der Waals surface area contributed by atoms with E-state index in [1.54, 1.807) is 14.2 Å². The summed E-state index contributed by atoms with van der Waals surface area (Å²) < 4.78 is 10.8. The molecular formula is C22H31NO4. The molecule has 0 heterocycles. The second-order valence-electron chi connectivity index (χ2n) is 9.26. The van der Waals surface area contributed by atoms with Crippen molar-refractivity contribution in [3.8, 4) is 11.5 Å². The first-order valence-electron chi connectivity index (χ1n) is 10.1. The van der Waals surface area contributed by atoms with Gasteiger partial charge in [0.1, 0.15) is 11.5 Å². The Kier molecular flexibility index (Phi) is 4.61. The van der Waals surface area contributed by atoms with Gasteiger partial charge in [-0.2, -0.15) is 0 Å². The molecule has 0 saturated heterocycles. The Bertz CT molecular complexity index is 717. The summed E-state index contributed by atoms with van der Waals surface area (Å²) in [6.45, 7) is 1.97. The van der Waals surface area contributed by atoms with Gasteiger partial charge in [0, 0.05) is 12.0 Å². The minimum Gasteiger partial charge on any atom is -0.497 e. The molecule has 148 valence electrons. The molecule has 2 N–H and O–H groups in total. The minimum atomic E-state index is -0.522. The predicted molar refractivity (Wildman–Crippen MR) is 103 cm³/mol. The number of benzene rings is 1. The molecule has 4 fully saturated rings. The summed E-state index contributed by atoms with van der Waals surface area (Å²) in [7, 11) is 3.27. The van der Waals surface area contributed by atoms with Crippen molar-refractivity contribution in [2.45, 2.75) is 63.5 Å². The molecule has 1 amide bonds. The third-order valence-electron chi connectivity index (χ3n) is 6.97. The van der Waals surface area contributed by atoms with Gasteiger partial charge in [-0.15, -0.1) is 0 Å². The maximum Gasteiger partial charge on any atom is 0.221 e. The normalized spacial score (nSPS) is 35.0. The number of rotatable bonds is 6. The number of methoxy groups -OCH3 is 2. The molecule has 0 aliphatic heterocycles. The fraction of sp³-hybridized carbons (Fsp3) is 0.682. The lowest BCUT2D eigenvalue weighted by atomic mass is 9.47. The maximum absolute atomic E-state index is 12.9. The second-order valence-corrected chi connectivity index (χ2v) is 9.26. The lowest BCUT2D eigenvalue weighted by Crippen LogP contribution is -2.56. The van der Waals surface area contributed by atoms with Crippen LogP contribution in [0, 0.1) is 17.3 Å². The van der Waals surface area contributed by atoms with Gasteiger partial charge in [0.05, 0.1) is 25.9 Å². The molecule has 1 aromatic carbocycles. The number of amides is 1. The standard InChI is InChI=1S/C22H31NO4/c1-14(18-7-17(26-2)4-5-19(18)27-3)23-20(24)12-21-8-15-6-16(9-21)11-22(25,10-15)13-21/h4-5,7,14-16,25H,6,8-13H2,1-3H3,(H,23,24)/t14-,15-,16+,21?,22?/m0/s1. The van der Waals surface area contributed by atoms with Crippen molar-refractivity contribution in [3.05, 3.63) is 23.8 Å². The molecule has 5 atom stereocenters. The Labute approximate surface area is 161 Å². The zero-order chi connectivity index (χ0) is 19.2. The first-order chi connectivity index (χ1) is 12.8. The van der Waals surface area contributed by atoms with Crippen LogP contribution in [0.1, 0.15) is 63.5 Å². The van der Waals surface area contributed by atoms with Crippen LogP contribution in [0.15, 0.2) is 18.2 Å². The number of carbonyl (C=O) groups excluding carboxylic acids is 1. The lowest BCUT2D eigenvalue weighted by Gasteiger charge is -2.60. The van der Waals surface area contributed by atoms with Crippen LogP contribution in [0.3, 0.4) is 0 Å². The first kappa shape index (κ1) is 18.6. The molecule has 4 bridgehead atoms. The van der Waals surface area contributed by atoms with Crippen LogP contribution < -0.4 is 14.8 Å². The minimum absolute atomic E-state index is 0.0128. The van der Waals surface area contributed by atoms with E-state index in [-0.39, 0.29) is 17.4 Å². The van der Waals surface area contributed by atoms with E-state index in [9.17, 15) is 9.90 Å². The quantitative estimate of drug-likeness (QED) is 0.799. The smallest absolute Gasteiger partial charge is 0.221 e. The molecule has 5 rings (SSSR count). The van der Waals surface area contributed by atoms with E-state index < -0.39 is 5.60 Å². The fourth-order valence-corrected chi connectivity index (χ4v) is 6.50. The van der Waals surface area contributed by atoms with Crippen LogP contribution in [0.4, 0.5) is 0 Å². The molecule has 2 unspecified atom stereocenters. The van der Waals surface area contributed by atoms with E-state index in [0.717, 1.165) is 49.2 Å². The maximum atomic E-state index is 12.9. The SMILES string of the molecule is COc1ccc(OC)c([C@H](C)NC(=O)CC23C[C@@H]4C[C@@H](CC(O)(C4)C2)C3)c1. The highest BCUT2D eigenvalue weighted by atomic mass is 16.5. The van der Waals surface area contributed by atoms with Crippen molar-refractivity contribution in [3.63, 3.8) is 0 Å².